The van der Waals surface area contributed by atoms with Crippen molar-refractivity contribution in [3.8, 4) is 0 Å². The molecule has 0 spiro atoms. The van der Waals surface area contributed by atoms with E-state index in [9.17, 15) is 27.2 Å². The Balaban J connectivity index is 1.93. The number of halogens is 1. The van der Waals surface area contributed by atoms with Gasteiger partial charge in [0.1, 0.15) is 5.82 Å². The van der Waals surface area contributed by atoms with E-state index in [-0.39, 0.29) is 16.0 Å². The van der Waals surface area contributed by atoms with Gasteiger partial charge in [0, 0.05) is 6.26 Å². The Morgan fingerprint density at radius 3 is 2.36 bits per heavy atom. The maximum Gasteiger partial charge on any atom is 0.338 e. The van der Waals surface area contributed by atoms with Gasteiger partial charge in [-0.1, -0.05) is 18.2 Å². The average molecular weight is 408 g/mol. The SMILES string of the molecule is Cc1ccc(S(C)(=O)=O)cc1C(=O)OCC(=O)NNC(=O)c1ccccc1F. The molecule has 2 rings (SSSR count). The summed E-state index contributed by atoms with van der Waals surface area (Å²) in [4.78, 5) is 35.5. The second kappa shape index (κ2) is 8.61. The quantitative estimate of drug-likeness (QED) is 0.566. The van der Waals surface area contributed by atoms with Crippen molar-refractivity contribution in [2.45, 2.75) is 11.8 Å². The van der Waals surface area contributed by atoms with Crippen LogP contribution < -0.4 is 10.9 Å². The lowest BCUT2D eigenvalue weighted by Crippen LogP contribution is -2.43. The smallest absolute Gasteiger partial charge is 0.338 e. The zero-order chi connectivity index (χ0) is 20.9. The molecule has 0 radical (unpaired) electrons. The van der Waals surface area contributed by atoms with E-state index in [0.717, 1.165) is 18.4 Å². The lowest BCUT2D eigenvalue weighted by molar-refractivity contribution is -0.125. The molecule has 0 heterocycles. The summed E-state index contributed by atoms with van der Waals surface area (Å²) in [5, 5.41) is 0. The highest BCUT2D eigenvalue weighted by atomic mass is 32.2. The largest absolute Gasteiger partial charge is 0.452 e. The molecule has 148 valence electrons. The molecule has 28 heavy (non-hydrogen) atoms. The summed E-state index contributed by atoms with van der Waals surface area (Å²) >= 11 is 0. The number of carbonyl (C=O) groups excluding carboxylic acids is 3. The van der Waals surface area contributed by atoms with Crippen molar-refractivity contribution in [3.63, 3.8) is 0 Å². The normalized spacial score (nSPS) is 10.8. The second-order valence-electron chi connectivity index (χ2n) is 5.81. The molecule has 0 aliphatic carbocycles. The molecule has 0 aromatic heterocycles. The zero-order valence-electron chi connectivity index (χ0n) is 15.0. The number of benzene rings is 2. The van der Waals surface area contributed by atoms with Crippen LogP contribution in [0.1, 0.15) is 26.3 Å². The Morgan fingerprint density at radius 2 is 1.71 bits per heavy atom. The Labute approximate surface area is 160 Å². The minimum Gasteiger partial charge on any atom is -0.452 e. The van der Waals surface area contributed by atoms with Gasteiger partial charge in [0.25, 0.3) is 11.8 Å². The van der Waals surface area contributed by atoms with Crippen molar-refractivity contribution in [2.24, 2.45) is 0 Å². The van der Waals surface area contributed by atoms with E-state index in [1.165, 1.54) is 30.3 Å². The number of esters is 1. The van der Waals surface area contributed by atoms with E-state index < -0.39 is 40.0 Å². The van der Waals surface area contributed by atoms with Crippen LogP contribution in [-0.2, 0) is 19.4 Å². The van der Waals surface area contributed by atoms with Crippen molar-refractivity contribution in [1.29, 1.82) is 0 Å². The van der Waals surface area contributed by atoms with Crippen LogP contribution >= 0.6 is 0 Å². The highest BCUT2D eigenvalue weighted by Crippen LogP contribution is 2.16. The number of hydrogen-bond acceptors (Lipinski definition) is 6. The first-order valence-corrected chi connectivity index (χ1v) is 9.80. The van der Waals surface area contributed by atoms with E-state index in [0.29, 0.717) is 5.56 Å². The fourth-order valence-corrected chi connectivity index (χ4v) is 2.78. The van der Waals surface area contributed by atoms with Crippen LogP contribution in [0.5, 0.6) is 0 Å². The first-order chi connectivity index (χ1) is 13.1. The molecular formula is C18H17FN2O6S. The zero-order valence-corrected chi connectivity index (χ0v) is 15.8. The van der Waals surface area contributed by atoms with Gasteiger partial charge in [0.05, 0.1) is 16.0 Å². The van der Waals surface area contributed by atoms with E-state index in [1.807, 2.05) is 10.9 Å². The van der Waals surface area contributed by atoms with Gasteiger partial charge in [0.2, 0.25) is 0 Å². The highest BCUT2D eigenvalue weighted by Gasteiger charge is 2.17. The Morgan fingerprint density at radius 1 is 1.04 bits per heavy atom. The fourth-order valence-electron chi connectivity index (χ4n) is 2.14. The second-order valence-corrected chi connectivity index (χ2v) is 7.82. The molecule has 2 N–H and O–H groups in total. The predicted octanol–water partition coefficient (Wildman–Crippen LogP) is 1.16. The summed E-state index contributed by atoms with van der Waals surface area (Å²) in [5.74, 6) is -3.41. The van der Waals surface area contributed by atoms with Crippen molar-refractivity contribution in [3.05, 3.63) is 65.0 Å². The van der Waals surface area contributed by atoms with Gasteiger partial charge >= 0.3 is 5.97 Å². The van der Waals surface area contributed by atoms with E-state index >= 15 is 0 Å². The molecule has 0 saturated carbocycles. The third-order valence-corrected chi connectivity index (χ3v) is 4.74. The predicted molar refractivity (Wildman–Crippen MR) is 96.6 cm³/mol. The Bertz CT molecular complexity index is 1040. The minimum atomic E-state index is -3.52. The first kappa shape index (κ1) is 21.0. The molecule has 8 nitrogen and oxygen atoms in total. The summed E-state index contributed by atoms with van der Waals surface area (Å²) in [6.07, 6.45) is 0.998. The molecule has 0 atom stereocenters. The van der Waals surface area contributed by atoms with Crippen molar-refractivity contribution < 1.29 is 31.9 Å². The number of ether oxygens (including phenoxy) is 1. The van der Waals surface area contributed by atoms with Crippen LogP contribution in [0.4, 0.5) is 4.39 Å². The van der Waals surface area contributed by atoms with Gasteiger partial charge in [-0.15, -0.1) is 0 Å². The summed E-state index contributed by atoms with van der Waals surface area (Å²) in [6.45, 7) is 0.844. The van der Waals surface area contributed by atoms with Gasteiger partial charge in [-0.05, 0) is 36.8 Å². The molecule has 0 fully saturated rings. The van der Waals surface area contributed by atoms with Crippen LogP contribution in [0.2, 0.25) is 0 Å². The first-order valence-electron chi connectivity index (χ1n) is 7.91. The topological polar surface area (TPSA) is 119 Å². The number of sulfone groups is 1. The standard InChI is InChI=1S/C18H17FN2O6S/c1-11-7-8-12(28(2,25)26)9-14(11)18(24)27-10-16(22)20-21-17(23)13-5-3-4-6-15(13)19/h3-9H,10H2,1-2H3,(H,20,22)(H,21,23). The highest BCUT2D eigenvalue weighted by molar-refractivity contribution is 7.90. The summed E-state index contributed by atoms with van der Waals surface area (Å²) in [7, 11) is -3.52. The molecular weight excluding hydrogens is 391 g/mol. The number of amides is 2. The van der Waals surface area contributed by atoms with E-state index in [4.69, 9.17) is 4.74 Å². The summed E-state index contributed by atoms with van der Waals surface area (Å²) < 4.78 is 41.5. The van der Waals surface area contributed by atoms with Crippen LogP contribution in [-0.4, -0.2) is 39.1 Å². The van der Waals surface area contributed by atoms with Gasteiger partial charge in [-0.25, -0.2) is 17.6 Å². The maximum atomic E-state index is 13.5. The number of hydrogen-bond donors (Lipinski definition) is 2. The summed E-state index contributed by atoms with van der Waals surface area (Å²) in [5.41, 5.74) is 4.17. The number of aryl methyl sites for hydroxylation is 1. The molecule has 0 aliphatic rings. The minimum absolute atomic E-state index is 0.00822. The molecule has 0 bridgehead atoms. The molecule has 2 aromatic rings. The average Bonchev–Trinajstić information content (AvgIpc) is 2.64. The van der Waals surface area contributed by atoms with Crippen LogP contribution in [0.15, 0.2) is 47.4 Å². The lowest BCUT2D eigenvalue weighted by Gasteiger charge is -2.10. The van der Waals surface area contributed by atoms with Crippen molar-refractivity contribution in [2.75, 3.05) is 12.9 Å². The Kier molecular flexibility index (Phi) is 6.47. The van der Waals surface area contributed by atoms with Crippen molar-refractivity contribution >= 4 is 27.6 Å². The van der Waals surface area contributed by atoms with E-state index in [2.05, 4.69) is 0 Å². The number of carbonyl (C=O) groups is 3. The van der Waals surface area contributed by atoms with Gasteiger partial charge in [-0.3, -0.25) is 20.4 Å². The third-order valence-electron chi connectivity index (χ3n) is 3.63. The fraction of sp³-hybridized carbons (Fsp3) is 0.167. The lowest BCUT2D eigenvalue weighted by atomic mass is 10.1. The molecule has 0 unspecified atom stereocenters. The molecule has 10 heteroatoms. The molecule has 2 aromatic carbocycles. The number of hydrazine groups is 1. The molecule has 0 aliphatic heterocycles. The van der Waals surface area contributed by atoms with Crippen LogP contribution in [0.25, 0.3) is 0 Å². The number of nitrogens with one attached hydrogen (secondary N) is 2. The van der Waals surface area contributed by atoms with Crippen LogP contribution in [0, 0.1) is 12.7 Å². The molecule has 2 amide bonds. The van der Waals surface area contributed by atoms with Gasteiger partial charge in [-0.2, -0.15) is 0 Å². The Hall–Kier alpha value is -3.27. The maximum absolute atomic E-state index is 13.5. The van der Waals surface area contributed by atoms with Crippen molar-refractivity contribution in [1.82, 2.24) is 10.9 Å². The van der Waals surface area contributed by atoms with Gasteiger partial charge in [0.15, 0.2) is 16.4 Å². The molecule has 0 saturated heterocycles. The van der Waals surface area contributed by atoms with E-state index in [1.54, 1.807) is 6.92 Å². The summed E-state index contributed by atoms with van der Waals surface area (Å²) in [6, 6.07) is 9.14. The van der Waals surface area contributed by atoms with Gasteiger partial charge < -0.3 is 4.74 Å². The third kappa shape index (κ3) is 5.36. The number of rotatable bonds is 5. The monoisotopic (exact) mass is 408 g/mol. The van der Waals surface area contributed by atoms with Crippen LogP contribution in [0.3, 0.4) is 0 Å².